The summed E-state index contributed by atoms with van der Waals surface area (Å²) in [5, 5.41) is 14.2. The number of nitrogens with zero attached hydrogens (tertiary/aromatic N) is 2. The molecule has 0 radical (unpaired) electrons. The number of oxazole rings is 1. The maximum Gasteiger partial charge on any atom is 0.272 e. The molecule has 1 N–H and O–H groups in total. The summed E-state index contributed by atoms with van der Waals surface area (Å²) in [7, 11) is 0. The van der Waals surface area contributed by atoms with Crippen LogP contribution in [-0.4, -0.2) is 15.8 Å². The molecule has 0 saturated heterocycles. The quantitative estimate of drug-likeness (QED) is 0.266. The lowest BCUT2D eigenvalue weighted by Crippen LogP contribution is -2.12. The molecule has 4 rings (SSSR count). The van der Waals surface area contributed by atoms with Crippen LogP contribution < -0.4 is 5.32 Å². The van der Waals surface area contributed by atoms with Gasteiger partial charge in [0.15, 0.2) is 5.58 Å². The first-order chi connectivity index (χ1) is 14.3. The van der Waals surface area contributed by atoms with Crippen LogP contribution in [0.15, 0.2) is 63.5 Å². The first-order valence-corrected chi connectivity index (χ1v) is 9.91. The van der Waals surface area contributed by atoms with Gasteiger partial charge in [0.2, 0.25) is 5.89 Å². The highest BCUT2D eigenvalue weighted by molar-refractivity contribution is 9.10. The fourth-order valence-corrected chi connectivity index (χ4v) is 3.55. The summed E-state index contributed by atoms with van der Waals surface area (Å²) >= 11 is 9.65. The molecule has 0 spiro atoms. The Bertz CT molecular complexity index is 1320. The molecule has 0 saturated carbocycles. The van der Waals surface area contributed by atoms with Gasteiger partial charge in [-0.15, -0.1) is 0 Å². The van der Waals surface area contributed by atoms with Crippen LogP contribution in [0.1, 0.15) is 15.9 Å². The van der Waals surface area contributed by atoms with E-state index in [1.807, 2.05) is 12.1 Å². The van der Waals surface area contributed by atoms with Gasteiger partial charge in [0.05, 0.1) is 15.5 Å². The fraction of sp³-hybridized carbons (Fsp3) is 0.0476. The number of aromatic nitrogens is 1. The fourth-order valence-electron chi connectivity index (χ4n) is 2.99. The van der Waals surface area contributed by atoms with Crippen molar-refractivity contribution in [3.05, 3.63) is 85.3 Å². The molecule has 9 heteroatoms. The van der Waals surface area contributed by atoms with Crippen molar-refractivity contribution < 1.29 is 14.1 Å². The first kappa shape index (κ1) is 20.1. The van der Waals surface area contributed by atoms with E-state index in [1.54, 1.807) is 31.2 Å². The highest BCUT2D eigenvalue weighted by Crippen LogP contribution is 2.33. The Balaban J connectivity index is 1.61. The summed E-state index contributed by atoms with van der Waals surface area (Å²) in [5.74, 6) is -0.0168. The molecule has 0 aliphatic rings. The van der Waals surface area contributed by atoms with E-state index in [2.05, 4.69) is 26.2 Å². The second-order valence-corrected chi connectivity index (χ2v) is 7.86. The number of halogens is 2. The summed E-state index contributed by atoms with van der Waals surface area (Å²) in [6.45, 7) is 1.59. The molecule has 3 aromatic carbocycles. The minimum absolute atomic E-state index is 0.0331. The maximum atomic E-state index is 12.5. The number of carbonyl (C=O) groups excluding carboxylic acids is 1. The predicted molar refractivity (Wildman–Crippen MR) is 118 cm³/mol. The number of amides is 1. The summed E-state index contributed by atoms with van der Waals surface area (Å²) in [5.41, 5.74) is 2.96. The zero-order valence-electron chi connectivity index (χ0n) is 15.5. The Labute approximate surface area is 184 Å². The van der Waals surface area contributed by atoms with Gasteiger partial charge in [-0.25, -0.2) is 4.98 Å². The van der Waals surface area contributed by atoms with Gasteiger partial charge in [0.1, 0.15) is 5.52 Å². The average molecular weight is 487 g/mol. The second-order valence-electron chi connectivity index (χ2n) is 6.54. The van der Waals surface area contributed by atoms with Crippen molar-refractivity contribution in [2.45, 2.75) is 6.92 Å². The molecular weight excluding hydrogens is 474 g/mol. The van der Waals surface area contributed by atoms with Crippen LogP contribution >= 0.6 is 27.5 Å². The maximum absolute atomic E-state index is 12.5. The van der Waals surface area contributed by atoms with Crippen molar-refractivity contribution in [2.75, 3.05) is 5.32 Å². The SMILES string of the molecule is Cc1cc(C(=O)Nc2ccc3oc(-c4cc(Br)ccc4Cl)nc3c2)ccc1[N+](=O)[O-]. The van der Waals surface area contributed by atoms with Crippen molar-refractivity contribution in [2.24, 2.45) is 0 Å². The lowest BCUT2D eigenvalue weighted by atomic mass is 10.1. The number of hydrogen-bond acceptors (Lipinski definition) is 5. The molecule has 0 aliphatic heterocycles. The Kier molecular flexibility index (Phi) is 5.27. The number of hydrogen-bond donors (Lipinski definition) is 1. The molecule has 0 bridgehead atoms. The number of nitrogens with one attached hydrogen (secondary N) is 1. The second kappa shape index (κ2) is 7.89. The third-order valence-electron chi connectivity index (χ3n) is 4.46. The van der Waals surface area contributed by atoms with E-state index >= 15 is 0 Å². The molecular formula is C21H13BrClN3O4. The zero-order chi connectivity index (χ0) is 21.4. The van der Waals surface area contributed by atoms with Gasteiger partial charge in [-0.2, -0.15) is 0 Å². The van der Waals surface area contributed by atoms with Gasteiger partial charge < -0.3 is 9.73 Å². The molecule has 1 aromatic heterocycles. The van der Waals surface area contributed by atoms with Gasteiger partial charge in [0.25, 0.3) is 11.6 Å². The Hall–Kier alpha value is -3.23. The molecule has 4 aromatic rings. The van der Waals surface area contributed by atoms with Gasteiger partial charge >= 0.3 is 0 Å². The number of benzene rings is 3. The van der Waals surface area contributed by atoms with Crippen LogP contribution in [0.25, 0.3) is 22.6 Å². The van der Waals surface area contributed by atoms with E-state index in [0.29, 0.717) is 44.4 Å². The molecule has 0 fully saturated rings. The largest absolute Gasteiger partial charge is 0.436 e. The molecule has 30 heavy (non-hydrogen) atoms. The van der Waals surface area contributed by atoms with E-state index in [9.17, 15) is 14.9 Å². The lowest BCUT2D eigenvalue weighted by molar-refractivity contribution is -0.385. The number of rotatable bonds is 4. The van der Waals surface area contributed by atoms with Crippen LogP contribution in [0.2, 0.25) is 5.02 Å². The summed E-state index contributed by atoms with van der Waals surface area (Å²) in [4.78, 5) is 27.5. The highest BCUT2D eigenvalue weighted by Gasteiger charge is 2.16. The number of anilines is 1. The van der Waals surface area contributed by atoms with Gasteiger partial charge in [-0.1, -0.05) is 27.5 Å². The van der Waals surface area contributed by atoms with E-state index < -0.39 is 4.92 Å². The standard InChI is InChI=1S/C21H13BrClN3O4/c1-11-8-12(2-6-18(11)26(28)29)20(27)24-14-4-7-19-17(10-14)25-21(30-19)15-9-13(22)3-5-16(15)23/h2-10H,1H3,(H,24,27). The highest BCUT2D eigenvalue weighted by atomic mass is 79.9. The van der Waals surface area contributed by atoms with Crippen molar-refractivity contribution in [3.8, 4) is 11.5 Å². The molecule has 1 amide bonds. The monoisotopic (exact) mass is 485 g/mol. The Morgan fingerprint density at radius 2 is 1.97 bits per heavy atom. The predicted octanol–water partition coefficient (Wildman–Crippen LogP) is 6.38. The average Bonchev–Trinajstić information content (AvgIpc) is 3.12. The molecule has 7 nitrogen and oxygen atoms in total. The molecule has 0 atom stereocenters. The molecule has 1 heterocycles. The van der Waals surface area contributed by atoms with Crippen LogP contribution in [-0.2, 0) is 0 Å². The van der Waals surface area contributed by atoms with Crippen molar-refractivity contribution in [3.63, 3.8) is 0 Å². The number of nitro benzene ring substituents is 1. The minimum Gasteiger partial charge on any atom is -0.436 e. The third-order valence-corrected chi connectivity index (χ3v) is 5.28. The van der Waals surface area contributed by atoms with Gasteiger partial charge in [0, 0.05) is 27.4 Å². The van der Waals surface area contributed by atoms with E-state index in [4.69, 9.17) is 16.0 Å². The van der Waals surface area contributed by atoms with E-state index in [1.165, 1.54) is 18.2 Å². The van der Waals surface area contributed by atoms with Crippen molar-refractivity contribution >= 4 is 55.9 Å². The molecule has 0 aliphatic carbocycles. The topological polar surface area (TPSA) is 98.3 Å². The summed E-state index contributed by atoms with van der Waals surface area (Å²) < 4.78 is 6.64. The number of fused-ring (bicyclic) bond motifs is 1. The van der Waals surface area contributed by atoms with E-state index in [-0.39, 0.29) is 11.6 Å². The van der Waals surface area contributed by atoms with Crippen LogP contribution in [0.5, 0.6) is 0 Å². The third kappa shape index (κ3) is 3.92. The molecule has 0 unspecified atom stereocenters. The zero-order valence-corrected chi connectivity index (χ0v) is 17.8. The normalized spacial score (nSPS) is 10.9. The van der Waals surface area contributed by atoms with Crippen molar-refractivity contribution in [1.29, 1.82) is 0 Å². The minimum atomic E-state index is -0.482. The molecule has 150 valence electrons. The van der Waals surface area contributed by atoms with Crippen LogP contribution in [0.3, 0.4) is 0 Å². The first-order valence-electron chi connectivity index (χ1n) is 8.74. The summed E-state index contributed by atoms with van der Waals surface area (Å²) in [6, 6.07) is 14.7. The number of carbonyl (C=O) groups is 1. The van der Waals surface area contributed by atoms with Crippen molar-refractivity contribution in [1.82, 2.24) is 4.98 Å². The van der Waals surface area contributed by atoms with Crippen LogP contribution in [0.4, 0.5) is 11.4 Å². The number of nitro groups is 1. The van der Waals surface area contributed by atoms with Gasteiger partial charge in [-0.3, -0.25) is 14.9 Å². The van der Waals surface area contributed by atoms with Gasteiger partial charge in [-0.05, 0) is 55.5 Å². The smallest absolute Gasteiger partial charge is 0.272 e. The Morgan fingerprint density at radius 1 is 1.17 bits per heavy atom. The van der Waals surface area contributed by atoms with Crippen LogP contribution in [0, 0.1) is 17.0 Å². The van der Waals surface area contributed by atoms with E-state index in [0.717, 1.165) is 4.47 Å². The summed E-state index contributed by atoms with van der Waals surface area (Å²) in [6.07, 6.45) is 0. The Morgan fingerprint density at radius 3 is 2.70 bits per heavy atom. The lowest BCUT2D eigenvalue weighted by Gasteiger charge is -2.06. The number of aryl methyl sites for hydroxylation is 1.